The molecule has 2 aromatic rings. The number of ketones is 1. The van der Waals surface area contributed by atoms with Crippen LogP contribution in [0.25, 0.3) is 11.1 Å². The Morgan fingerprint density at radius 2 is 1.71 bits per heavy atom. The minimum absolute atomic E-state index is 0.206. The lowest BCUT2D eigenvalue weighted by molar-refractivity contribution is -0.465. The summed E-state index contributed by atoms with van der Waals surface area (Å²) in [6, 6.07) is 9.55. The Hall–Kier alpha value is -2.44. The van der Waals surface area contributed by atoms with Crippen LogP contribution in [0.1, 0.15) is 17.3 Å². The summed E-state index contributed by atoms with van der Waals surface area (Å²) in [5.74, 6) is -0.842. The van der Waals surface area contributed by atoms with Gasteiger partial charge in [-0.15, -0.1) is 0 Å². The van der Waals surface area contributed by atoms with Gasteiger partial charge in [0.05, 0.1) is 15.7 Å². The fourth-order valence-corrected chi connectivity index (χ4v) is 2.59. The van der Waals surface area contributed by atoms with E-state index in [2.05, 4.69) is 5.32 Å². The van der Waals surface area contributed by atoms with Crippen molar-refractivity contribution >= 4 is 40.6 Å². The first-order valence-electron chi connectivity index (χ1n) is 6.80. The number of nitro groups is 1. The predicted molar refractivity (Wildman–Crippen MR) is 92.4 cm³/mol. The van der Waals surface area contributed by atoms with Crippen LogP contribution in [0.3, 0.4) is 0 Å². The van der Waals surface area contributed by atoms with E-state index >= 15 is 0 Å². The van der Waals surface area contributed by atoms with Crippen molar-refractivity contribution in [2.45, 2.75) is 6.92 Å². The molecule has 8 heteroatoms. The topological polar surface area (TPSA) is 89.3 Å². The number of Topliss-reactive ketones (excluding diaryl/α,β-unsaturated/α-hetero) is 1. The first-order chi connectivity index (χ1) is 11.3. The van der Waals surface area contributed by atoms with Gasteiger partial charge in [-0.25, -0.2) is 0 Å². The SMILES string of the molecule is CC(=O)Nc1ccc(-c2ccc(C(=O)C[N+](=O)[O-])cc2)c(Cl)c1Cl. The number of amides is 1. The molecule has 0 spiro atoms. The number of carbonyl (C=O) groups is 2. The molecule has 0 aliphatic carbocycles. The van der Waals surface area contributed by atoms with Gasteiger partial charge in [0.15, 0.2) is 0 Å². The van der Waals surface area contributed by atoms with Crippen molar-refractivity contribution < 1.29 is 14.5 Å². The molecule has 0 unspecified atom stereocenters. The molecule has 0 aliphatic rings. The van der Waals surface area contributed by atoms with Crippen LogP contribution in [-0.2, 0) is 4.79 Å². The van der Waals surface area contributed by atoms with Crippen molar-refractivity contribution in [3.63, 3.8) is 0 Å². The number of nitrogens with one attached hydrogen (secondary N) is 1. The van der Waals surface area contributed by atoms with Gasteiger partial charge in [-0.2, -0.15) is 0 Å². The lowest BCUT2D eigenvalue weighted by Gasteiger charge is -2.11. The summed E-state index contributed by atoms with van der Waals surface area (Å²) in [6.45, 7) is 0.607. The normalized spacial score (nSPS) is 10.3. The fraction of sp³-hybridized carbons (Fsp3) is 0.125. The second-order valence-corrected chi connectivity index (χ2v) is 5.72. The van der Waals surface area contributed by atoms with E-state index in [9.17, 15) is 19.7 Å². The zero-order valence-electron chi connectivity index (χ0n) is 12.5. The summed E-state index contributed by atoms with van der Waals surface area (Å²) in [7, 11) is 0. The molecular formula is C16H12Cl2N2O4. The standard InChI is InChI=1S/C16H12Cl2N2O4/c1-9(21)19-13-7-6-12(15(17)16(13)18)10-2-4-11(5-3-10)14(22)8-20(23)24/h2-7H,8H2,1H3,(H,19,21). The minimum atomic E-state index is -0.753. The Kier molecular flexibility index (Phi) is 5.54. The van der Waals surface area contributed by atoms with Gasteiger partial charge in [-0.3, -0.25) is 19.7 Å². The molecular weight excluding hydrogens is 355 g/mol. The molecule has 0 saturated carbocycles. The van der Waals surface area contributed by atoms with Gasteiger partial charge in [0.1, 0.15) is 0 Å². The van der Waals surface area contributed by atoms with Crippen molar-refractivity contribution in [2.75, 3.05) is 11.9 Å². The summed E-state index contributed by atoms with van der Waals surface area (Å²) >= 11 is 12.4. The third-order valence-electron chi connectivity index (χ3n) is 3.18. The molecule has 0 radical (unpaired) electrons. The number of nitrogens with zero attached hydrogens (tertiary/aromatic N) is 1. The molecule has 1 N–H and O–H groups in total. The minimum Gasteiger partial charge on any atom is -0.325 e. The molecule has 0 fully saturated rings. The smallest absolute Gasteiger partial charge is 0.265 e. The quantitative estimate of drug-likeness (QED) is 0.490. The van der Waals surface area contributed by atoms with E-state index in [1.807, 2.05) is 0 Å². The van der Waals surface area contributed by atoms with E-state index in [1.54, 1.807) is 24.3 Å². The molecule has 6 nitrogen and oxygen atoms in total. The van der Waals surface area contributed by atoms with E-state index in [1.165, 1.54) is 19.1 Å². The monoisotopic (exact) mass is 366 g/mol. The van der Waals surface area contributed by atoms with Crippen LogP contribution in [-0.4, -0.2) is 23.2 Å². The average Bonchev–Trinajstić information content (AvgIpc) is 2.51. The number of benzene rings is 2. The van der Waals surface area contributed by atoms with Gasteiger partial charge in [0.25, 0.3) is 6.54 Å². The fourth-order valence-electron chi connectivity index (χ4n) is 2.10. The van der Waals surface area contributed by atoms with E-state index in [4.69, 9.17) is 23.2 Å². The lowest BCUT2D eigenvalue weighted by atomic mass is 10.0. The van der Waals surface area contributed by atoms with Crippen LogP contribution in [0.2, 0.25) is 10.0 Å². The molecule has 0 bridgehead atoms. The second-order valence-electron chi connectivity index (χ2n) is 4.96. The van der Waals surface area contributed by atoms with Crippen LogP contribution >= 0.6 is 23.2 Å². The number of halogens is 2. The zero-order valence-corrected chi connectivity index (χ0v) is 14.0. The first-order valence-corrected chi connectivity index (χ1v) is 7.56. The number of hydrogen-bond acceptors (Lipinski definition) is 4. The van der Waals surface area contributed by atoms with Gasteiger partial charge < -0.3 is 5.32 Å². The van der Waals surface area contributed by atoms with Gasteiger partial charge in [0.2, 0.25) is 11.7 Å². The number of rotatable bonds is 5. The number of hydrogen-bond donors (Lipinski definition) is 1. The molecule has 24 heavy (non-hydrogen) atoms. The predicted octanol–water partition coefficient (Wildman–Crippen LogP) is 4.08. The van der Waals surface area contributed by atoms with Gasteiger partial charge >= 0.3 is 0 Å². The largest absolute Gasteiger partial charge is 0.325 e. The van der Waals surface area contributed by atoms with Crippen molar-refractivity contribution in [2.24, 2.45) is 0 Å². The third-order valence-corrected chi connectivity index (χ3v) is 4.07. The Labute approximate surface area is 147 Å². The summed E-state index contributed by atoms with van der Waals surface area (Å²) in [4.78, 5) is 32.5. The number of carbonyl (C=O) groups excluding carboxylic acids is 2. The maximum atomic E-state index is 11.6. The van der Waals surface area contributed by atoms with Crippen LogP contribution in [0.5, 0.6) is 0 Å². The lowest BCUT2D eigenvalue weighted by Crippen LogP contribution is -2.13. The number of anilines is 1. The zero-order chi connectivity index (χ0) is 17.9. The van der Waals surface area contributed by atoms with Crippen molar-refractivity contribution in [1.82, 2.24) is 0 Å². The highest BCUT2D eigenvalue weighted by atomic mass is 35.5. The summed E-state index contributed by atoms with van der Waals surface area (Å²) < 4.78 is 0. The summed E-state index contributed by atoms with van der Waals surface area (Å²) in [5.41, 5.74) is 1.95. The second kappa shape index (κ2) is 7.42. The molecule has 1 amide bonds. The van der Waals surface area contributed by atoms with Crippen LogP contribution in [0.4, 0.5) is 5.69 Å². The average molecular weight is 367 g/mol. The highest BCUT2D eigenvalue weighted by Gasteiger charge is 2.15. The van der Waals surface area contributed by atoms with Crippen LogP contribution in [0.15, 0.2) is 36.4 Å². The third kappa shape index (κ3) is 4.10. The van der Waals surface area contributed by atoms with E-state index in [0.29, 0.717) is 16.8 Å². The Morgan fingerprint density at radius 1 is 1.08 bits per heavy atom. The van der Waals surface area contributed by atoms with Crippen LogP contribution < -0.4 is 5.32 Å². The van der Waals surface area contributed by atoms with Crippen LogP contribution in [0, 0.1) is 10.1 Å². The van der Waals surface area contributed by atoms with Gasteiger partial charge in [-0.05, 0) is 11.6 Å². The maximum absolute atomic E-state index is 11.6. The van der Waals surface area contributed by atoms with Crippen molar-refractivity contribution in [3.05, 3.63) is 62.1 Å². The van der Waals surface area contributed by atoms with Gasteiger partial charge in [-0.1, -0.05) is 53.5 Å². The Balaban J connectivity index is 2.32. The highest BCUT2D eigenvalue weighted by molar-refractivity contribution is 6.45. The molecule has 0 aromatic heterocycles. The molecule has 0 aliphatic heterocycles. The van der Waals surface area contributed by atoms with Crippen molar-refractivity contribution in [3.8, 4) is 11.1 Å². The first kappa shape index (κ1) is 17.9. The van der Waals surface area contributed by atoms with E-state index in [-0.39, 0.29) is 21.5 Å². The van der Waals surface area contributed by atoms with Crippen molar-refractivity contribution in [1.29, 1.82) is 0 Å². The molecule has 2 aromatic carbocycles. The molecule has 2 rings (SSSR count). The highest BCUT2D eigenvalue weighted by Crippen LogP contribution is 2.38. The molecule has 124 valence electrons. The summed E-state index contributed by atoms with van der Waals surface area (Å²) in [6.07, 6.45) is 0. The summed E-state index contributed by atoms with van der Waals surface area (Å²) in [5, 5.41) is 13.4. The maximum Gasteiger partial charge on any atom is 0.265 e. The van der Waals surface area contributed by atoms with Gasteiger partial charge in [0, 0.05) is 23.0 Å². The Morgan fingerprint density at radius 3 is 2.25 bits per heavy atom. The molecule has 0 saturated heterocycles. The van der Waals surface area contributed by atoms with E-state index in [0.717, 1.165) is 0 Å². The molecule has 0 atom stereocenters. The molecule has 0 heterocycles. The van der Waals surface area contributed by atoms with E-state index < -0.39 is 17.3 Å². The Bertz CT molecular complexity index is 820.